The van der Waals surface area contributed by atoms with Crippen LogP contribution in [0, 0.1) is 11.6 Å². The molecule has 1 aliphatic rings. The van der Waals surface area contributed by atoms with Gasteiger partial charge < -0.3 is 9.47 Å². The summed E-state index contributed by atoms with van der Waals surface area (Å²) in [6.45, 7) is 2.45. The molecule has 0 aromatic heterocycles. The van der Waals surface area contributed by atoms with Gasteiger partial charge in [-0.1, -0.05) is 22.0 Å². The topological polar surface area (TPSA) is 18.5 Å². The number of benzene rings is 1. The van der Waals surface area contributed by atoms with Crippen LogP contribution in [-0.2, 0) is 4.74 Å². The minimum absolute atomic E-state index is 0.0564. The first-order valence-electron chi connectivity index (χ1n) is 5.49. The second-order valence-corrected chi connectivity index (χ2v) is 5.06. The van der Waals surface area contributed by atoms with Gasteiger partial charge in [0.2, 0.25) is 5.82 Å². The minimum Gasteiger partial charge on any atom is -0.484 e. The molecule has 1 saturated carbocycles. The Hall–Kier alpha value is -0.680. The fourth-order valence-corrected chi connectivity index (χ4v) is 2.65. The van der Waals surface area contributed by atoms with Gasteiger partial charge in [-0.15, -0.1) is 0 Å². The van der Waals surface area contributed by atoms with Crippen molar-refractivity contribution in [2.24, 2.45) is 0 Å². The van der Waals surface area contributed by atoms with Crippen molar-refractivity contribution in [1.82, 2.24) is 0 Å². The molecule has 0 heterocycles. The summed E-state index contributed by atoms with van der Waals surface area (Å²) in [6.07, 6.45) is 0.388. The van der Waals surface area contributed by atoms with E-state index in [1.54, 1.807) is 0 Å². The SMILES string of the molecule is CCOC1C(Br)CC1Oc1cccc(F)c1F. The lowest BCUT2D eigenvalue weighted by atomic mass is 9.91. The van der Waals surface area contributed by atoms with Gasteiger partial charge in [0.25, 0.3) is 0 Å². The van der Waals surface area contributed by atoms with Crippen LogP contribution in [-0.4, -0.2) is 23.6 Å². The quantitative estimate of drug-likeness (QED) is 0.795. The van der Waals surface area contributed by atoms with Crippen molar-refractivity contribution in [2.75, 3.05) is 6.61 Å². The standard InChI is InChI=1S/C12H13BrF2O2/c1-2-16-12-7(13)6-10(12)17-9-5-3-4-8(14)11(9)15/h3-5,7,10,12H,2,6H2,1H3. The molecule has 94 valence electrons. The molecule has 17 heavy (non-hydrogen) atoms. The van der Waals surface area contributed by atoms with Gasteiger partial charge in [-0.25, -0.2) is 4.39 Å². The maximum absolute atomic E-state index is 13.4. The molecule has 0 amide bonds. The van der Waals surface area contributed by atoms with Crippen LogP contribution >= 0.6 is 15.9 Å². The summed E-state index contributed by atoms with van der Waals surface area (Å²) in [5, 5.41) is 0. The monoisotopic (exact) mass is 306 g/mol. The Bertz CT molecular complexity index is 400. The second-order valence-electron chi connectivity index (χ2n) is 3.88. The van der Waals surface area contributed by atoms with E-state index >= 15 is 0 Å². The summed E-state index contributed by atoms with van der Waals surface area (Å²) in [6, 6.07) is 3.91. The van der Waals surface area contributed by atoms with Gasteiger partial charge in [0, 0.05) is 17.9 Å². The molecule has 1 aromatic carbocycles. The lowest BCUT2D eigenvalue weighted by Gasteiger charge is -2.40. The number of alkyl halides is 1. The molecule has 3 atom stereocenters. The molecule has 1 fully saturated rings. The van der Waals surface area contributed by atoms with Crippen LogP contribution in [0.5, 0.6) is 5.75 Å². The van der Waals surface area contributed by atoms with Gasteiger partial charge in [-0.05, 0) is 19.1 Å². The van der Waals surface area contributed by atoms with Crippen molar-refractivity contribution in [2.45, 2.75) is 30.4 Å². The summed E-state index contributed by atoms with van der Waals surface area (Å²) in [7, 11) is 0. The van der Waals surface area contributed by atoms with Crippen LogP contribution in [0.2, 0.25) is 0 Å². The van der Waals surface area contributed by atoms with Crippen LogP contribution < -0.4 is 4.74 Å². The average Bonchev–Trinajstić information content (AvgIpc) is 2.31. The zero-order chi connectivity index (χ0) is 12.4. The highest BCUT2D eigenvalue weighted by atomic mass is 79.9. The van der Waals surface area contributed by atoms with Gasteiger partial charge in [0.15, 0.2) is 11.6 Å². The number of halogens is 3. The Morgan fingerprint density at radius 1 is 1.41 bits per heavy atom. The predicted molar refractivity (Wildman–Crippen MR) is 63.5 cm³/mol. The molecular formula is C12H13BrF2O2. The van der Waals surface area contributed by atoms with Crippen molar-refractivity contribution in [3.63, 3.8) is 0 Å². The highest BCUT2D eigenvalue weighted by Gasteiger charge is 2.42. The first-order chi connectivity index (χ1) is 8.13. The smallest absolute Gasteiger partial charge is 0.200 e. The highest BCUT2D eigenvalue weighted by molar-refractivity contribution is 9.09. The van der Waals surface area contributed by atoms with E-state index in [0.29, 0.717) is 6.61 Å². The van der Waals surface area contributed by atoms with E-state index < -0.39 is 11.6 Å². The van der Waals surface area contributed by atoms with Gasteiger partial charge >= 0.3 is 0 Å². The van der Waals surface area contributed by atoms with Gasteiger partial charge in [0.05, 0.1) is 0 Å². The van der Waals surface area contributed by atoms with Crippen molar-refractivity contribution >= 4 is 15.9 Å². The average molecular weight is 307 g/mol. The first kappa shape index (κ1) is 12.8. The number of hydrogen-bond acceptors (Lipinski definition) is 2. The highest BCUT2D eigenvalue weighted by Crippen LogP contribution is 2.35. The Balaban J connectivity index is 2.04. The van der Waals surface area contributed by atoms with Gasteiger partial charge in [-0.3, -0.25) is 0 Å². The Kier molecular flexibility index (Phi) is 3.99. The van der Waals surface area contributed by atoms with Crippen LogP contribution in [0.25, 0.3) is 0 Å². The zero-order valence-corrected chi connectivity index (χ0v) is 10.9. The minimum atomic E-state index is -0.944. The molecule has 3 unspecified atom stereocenters. The van der Waals surface area contributed by atoms with E-state index in [1.165, 1.54) is 12.1 Å². The van der Waals surface area contributed by atoms with Crippen LogP contribution in [0.15, 0.2) is 18.2 Å². The van der Waals surface area contributed by atoms with Crippen LogP contribution in [0.1, 0.15) is 13.3 Å². The zero-order valence-electron chi connectivity index (χ0n) is 9.33. The van der Waals surface area contributed by atoms with E-state index in [2.05, 4.69) is 15.9 Å². The Labute approximate surface area is 107 Å². The van der Waals surface area contributed by atoms with Gasteiger partial charge in [-0.2, -0.15) is 4.39 Å². The molecule has 0 saturated heterocycles. The second kappa shape index (κ2) is 5.31. The number of hydrogen-bond donors (Lipinski definition) is 0. The first-order valence-corrected chi connectivity index (χ1v) is 6.41. The molecule has 0 N–H and O–H groups in total. The lowest BCUT2D eigenvalue weighted by molar-refractivity contribution is -0.0735. The van der Waals surface area contributed by atoms with E-state index in [-0.39, 0.29) is 22.8 Å². The molecule has 0 bridgehead atoms. The van der Waals surface area contributed by atoms with E-state index in [0.717, 1.165) is 12.5 Å². The van der Waals surface area contributed by atoms with Gasteiger partial charge in [0.1, 0.15) is 12.2 Å². The van der Waals surface area contributed by atoms with Crippen molar-refractivity contribution in [3.05, 3.63) is 29.8 Å². The molecule has 1 aromatic rings. The van der Waals surface area contributed by atoms with Crippen molar-refractivity contribution < 1.29 is 18.3 Å². The maximum Gasteiger partial charge on any atom is 0.200 e. The summed E-state index contributed by atoms with van der Waals surface area (Å²) >= 11 is 3.44. The summed E-state index contributed by atoms with van der Waals surface area (Å²) in [4.78, 5) is 0.212. The van der Waals surface area contributed by atoms with E-state index in [1.807, 2.05) is 6.92 Å². The van der Waals surface area contributed by atoms with E-state index in [9.17, 15) is 8.78 Å². The van der Waals surface area contributed by atoms with E-state index in [4.69, 9.17) is 9.47 Å². The molecule has 5 heteroatoms. The molecule has 2 nitrogen and oxygen atoms in total. The van der Waals surface area contributed by atoms with Crippen LogP contribution in [0.3, 0.4) is 0 Å². The molecule has 2 rings (SSSR count). The normalized spacial score (nSPS) is 27.6. The third-order valence-corrected chi connectivity index (χ3v) is 3.63. The molecule has 1 aliphatic carbocycles. The fourth-order valence-electron chi connectivity index (χ4n) is 1.78. The fraction of sp³-hybridized carbons (Fsp3) is 0.500. The van der Waals surface area contributed by atoms with Crippen molar-refractivity contribution in [1.29, 1.82) is 0 Å². The Morgan fingerprint density at radius 2 is 2.18 bits per heavy atom. The molecule has 0 spiro atoms. The lowest BCUT2D eigenvalue weighted by Crippen LogP contribution is -2.52. The van der Waals surface area contributed by atoms with Crippen LogP contribution in [0.4, 0.5) is 8.78 Å². The number of ether oxygens (including phenoxy) is 2. The maximum atomic E-state index is 13.4. The third-order valence-electron chi connectivity index (χ3n) is 2.73. The predicted octanol–water partition coefficient (Wildman–Crippen LogP) is 3.28. The van der Waals surface area contributed by atoms with Crippen molar-refractivity contribution in [3.8, 4) is 5.75 Å². The molecule has 0 aliphatic heterocycles. The Morgan fingerprint density at radius 3 is 2.82 bits per heavy atom. The number of rotatable bonds is 4. The largest absolute Gasteiger partial charge is 0.484 e. The third kappa shape index (κ3) is 2.60. The summed E-state index contributed by atoms with van der Waals surface area (Å²) < 4.78 is 37.2. The summed E-state index contributed by atoms with van der Waals surface area (Å²) in [5.74, 6) is -1.90. The molecular weight excluding hydrogens is 294 g/mol. The molecule has 0 radical (unpaired) electrons. The summed E-state index contributed by atoms with van der Waals surface area (Å²) in [5.41, 5.74) is 0.